The highest BCUT2D eigenvalue weighted by atomic mass is 32.2. The van der Waals surface area contributed by atoms with Gasteiger partial charge in [-0.1, -0.05) is 42.5 Å². The topological polar surface area (TPSA) is 79.6 Å². The molecule has 0 bridgehead atoms. The van der Waals surface area contributed by atoms with Gasteiger partial charge in [0.15, 0.2) is 0 Å². The number of nitrogens with zero attached hydrogens (tertiary/aromatic N) is 1. The molecule has 1 aliphatic rings. The average Bonchev–Trinajstić information content (AvgIpc) is 3.38. The highest BCUT2D eigenvalue weighted by Gasteiger charge is 2.38. The number of imide groups is 1. The van der Waals surface area contributed by atoms with Gasteiger partial charge in [0.05, 0.1) is 22.5 Å². The zero-order valence-electron chi connectivity index (χ0n) is 17.5. The largest absolute Gasteiger partial charge is 0.468 e. The monoisotopic (exact) mass is 446 g/mol. The van der Waals surface area contributed by atoms with Crippen LogP contribution in [-0.2, 0) is 26.6 Å². The number of carbonyl (C=O) groups excluding carboxylic acids is 3. The molecule has 0 spiro atoms. The van der Waals surface area contributed by atoms with Crippen molar-refractivity contribution in [3.05, 3.63) is 94.8 Å². The summed E-state index contributed by atoms with van der Waals surface area (Å²) in [7, 11) is 0. The second-order valence-electron chi connectivity index (χ2n) is 7.33. The second-order valence-corrected chi connectivity index (χ2v) is 8.31. The summed E-state index contributed by atoms with van der Waals surface area (Å²) in [4.78, 5) is 39.6. The molecule has 2 aromatic carbocycles. The SMILES string of the molecule is CC(=O)Nc1ccc(C2=C(SCc3ccco3)C(=O)N(CCc3ccccc3)C2=O)cc1. The number of furan rings is 1. The maximum atomic E-state index is 13.3. The first-order chi connectivity index (χ1) is 15.5. The maximum Gasteiger partial charge on any atom is 0.268 e. The zero-order chi connectivity index (χ0) is 22.5. The summed E-state index contributed by atoms with van der Waals surface area (Å²) < 4.78 is 5.39. The number of amides is 3. The van der Waals surface area contributed by atoms with Gasteiger partial charge in [-0.15, -0.1) is 11.8 Å². The van der Waals surface area contributed by atoms with Crippen LogP contribution in [0.5, 0.6) is 0 Å². The number of benzene rings is 2. The number of nitrogens with one attached hydrogen (secondary N) is 1. The summed E-state index contributed by atoms with van der Waals surface area (Å²) in [5.74, 6) is 0.404. The molecule has 3 aromatic rings. The van der Waals surface area contributed by atoms with Gasteiger partial charge >= 0.3 is 0 Å². The Morgan fingerprint density at radius 3 is 2.38 bits per heavy atom. The van der Waals surface area contributed by atoms with Crippen LogP contribution in [0.25, 0.3) is 5.57 Å². The van der Waals surface area contributed by atoms with Crippen LogP contribution < -0.4 is 5.32 Å². The number of carbonyl (C=O) groups is 3. The Labute approximate surface area is 190 Å². The fraction of sp³-hybridized carbons (Fsp3) is 0.160. The predicted molar refractivity (Wildman–Crippen MR) is 125 cm³/mol. The summed E-state index contributed by atoms with van der Waals surface area (Å²) in [5, 5.41) is 2.71. The van der Waals surface area contributed by atoms with E-state index in [9.17, 15) is 14.4 Å². The van der Waals surface area contributed by atoms with Crippen molar-refractivity contribution in [2.75, 3.05) is 11.9 Å². The molecule has 4 rings (SSSR count). The number of hydrogen-bond acceptors (Lipinski definition) is 5. The third-order valence-electron chi connectivity index (χ3n) is 5.03. The minimum absolute atomic E-state index is 0.175. The molecule has 0 saturated carbocycles. The fourth-order valence-electron chi connectivity index (χ4n) is 3.49. The first-order valence-corrected chi connectivity index (χ1v) is 11.2. The van der Waals surface area contributed by atoms with Gasteiger partial charge in [0.25, 0.3) is 11.8 Å². The van der Waals surface area contributed by atoms with Crippen molar-refractivity contribution in [3.8, 4) is 0 Å². The molecule has 2 heterocycles. The van der Waals surface area contributed by atoms with E-state index >= 15 is 0 Å². The Morgan fingerprint density at radius 2 is 1.72 bits per heavy atom. The van der Waals surface area contributed by atoms with E-state index in [4.69, 9.17) is 4.42 Å². The van der Waals surface area contributed by atoms with E-state index in [1.54, 1.807) is 36.6 Å². The Hall–Kier alpha value is -3.58. The lowest BCUT2D eigenvalue weighted by molar-refractivity contribution is -0.136. The van der Waals surface area contributed by atoms with Gasteiger partial charge in [-0.05, 0) is 41.8 Å². The van der Waals surface area contributed by atoms with Crippen molar-refractivity contribution in [1.29, 1.82) is 0 Å². The van der Waals surface area contributed by atoms with E-state index in [-0.39, 0.29) is 17.7 Å². The molecular weight excluding hydrogens is 424 g/mol. The lowest BCUT2D eigenvalue weighted by atomic mass is 10.1. The summed E-state index contributed by atoms with van der Waals surface area (Å²) in [6.07, 6.45) is 2.17. The minimum Gasteiger partial charge on any atom is -0.468 e. The molecule has 32 heavy (non-hydrogen) atoms. The first kappa shape index (κ1) is 21.6. The molecule has 0 unspecified atom stereocenters. The van der Waals surface area contributed by atoms with Gasteiger partial charge in [0.1, 0.15) is 5.76 Å². The van der Waals surface area contributed by atoms with Crippen molar-refractivity contribution >= 4 is 40.7 Å². The predicted octanol–water partition coefficient (Wildman–Crippen LogP) is 4.49. The van der Waals surface area contributed by atoms with Crippen molar-refractivity contribution in [1.82, 2.24) is 4.90 Å². The summed E-state index contributed by atoms with van der Waals surface area (Å²) >= 11 is 1.30. The molecule has 7 heteroatoms. The van der Waals surface area contributed by atoms with E-state index in [2.05, 4.69) is 5.32 Å². The quantitative estimate of drug-likeness (QED) is 0.516. The molecule has 162 valence electrons. The first-order valence-electron chi connectivity index (χ1n) is 10.2. The number of hydrogen-bond donors (Lipinski definition) is 1. The summed E-state index contributed by atoms with van der Waals surface area (Å²) in [5.41, 5.74) is 2.71. The molecular formula is C25H22N2O4S. The standard InChI is InChI=1S/C25H22N2O4S/c1-17(28)26-20-11-9-19(10-12-20)22-23(32-16-21-8-5-15-31-21)25(30)27(24(22)29)14-13-18-6-3-2-4-7-18/h2-12,15H,13-14,16H2,1H3,(H,26,28). The molecule has 3 amide bonds. The Balaban J connectivity index is 1.60. The number of rotatable bonds is 8. The number of thioether (sulfide) groups is 1. The van der Waals surface area contributed by atoms with E-state index in [0.29, 0.717) is 40.4 Å². The molecule has 0 saturated heterocycles. The molecule has 0 atom stereocenters. The molecule has 1 aromatic heterocycles. The third kappa shape index (κ3) is 4.84. The molecule has 0 aliphatic carbocycles. The van der Waals surface area contributed by atoms with Gasteiger partial charge in [0.2, 0.25) is 5.91 Å². The van der Waals surface area contributed by atoms with Crippen molar-refractivity contribution in [2.45, 2.75) is 19.1 Å². The van der Waals surface area contributed by atoms with Crippen LogP contribution in [0, 0.1) is 0 Å². The minimum atomic E-state index is -0.305. The lowest BCUT2D eigenvalue weighted by Crippen LogP contribution is -2.33. The average molecular weight is 447 g/mol. The van der Waals surface area contributed by atoms with Crippen LogP contribution in [0.3, 0.4) is 0 Å². The van der Waals surface area contributed by atoms with E-state index in [0.717, 1.165) is 11.3 Å². The van der Waals surface area contributed by atoms with Crippen LogP contribution in [0.15, 0.2) is 82.3 Å². The molecule has 6 nitrogen and oxygen atoms in total. The Kier molecular flexibility index (Phi) is 6.56. The van der Waals surface area contributed by atoms with Crippen molar-refractivity contribution in [3.63, 3.8) is 0 Å². The van der Waals surface area contributed by atoms with Gasteiger partial charge < -0.3 is 9.73 Å². The summed E-state index contributed by atoms with van der Waals surface area (Å²) in [6, 6.07) is 20.3. The molecule has 0 fully saturated rings. The third-order valence-corrected chi connectivity index (χ3v) is 6.12. The van der Waals surface area contributed by atoms with E-state index < -0.39 is 0 Å². The van der Waals surface area contributed by atoms with Gasteiger partial charge in [-0.3, -0.25) is 19.3 Å². The van der Waals surface area contributed by atoms with Gasteiger partial charge in [-0.25, -0.2) is 0 Å². The number of anilines is 1. The molecule has 0 radical (unpaired) electrons. The van der Waals surface area contributed by atoms with Crippen LogP contribution in [0.4, 0.5) is 5.69 Å². The highest BCUT2D eigenvalue weighted by molar-refractivity contribution is 8.03. The Morgan fingerprint density at radius 1 is 0.969 bits per heavy atom. The zero-order valence-corrected chi connectivity index (χ0v) is 18.4. The Bertz CT molecular complexity index is 1150. The molecule has 1 N–H and O–H groups in total. The van der Waals surface area contributed by atoms with E-state index in [1.165, 1.54) is 23.6 Å². The second kappa shape index (κ2) is 9.70. The normalized spacial score (nSPS) is 13.7. The van der Waals surface area contributed by atoms with Gasteiger partial charge in [-0.2, -0.15) is 0 Å². The van der Waals surface area contributed by atoms with Crippen LogP contribution >= 0.6 is 11.8 Å². The summed E-state index contributed by atoms with van der Waals surface area (Å²) in [6.45, 7) is 1.74. The lowest BCUT2D eigenvalue weighted by Gasteiger charge is -2.15. The van der Waals surface area contributed by atoms with Crippen molar-refractivity contribution < 1.29 is 18.8 Å². The smallest absolute Gasteiger partial charge is 0.268 e. The highest BCUT2D eigenvalue weighted by Crippen LogP contribution is 2.38. The van der Waals surface area contributed by atoms with Gasteiger partial charge in [0, 0.05) is 19.2 Å². The van der Waals surface area contributed by atoms with Crippen LogP contribution in [0.1, 0.15) is 23.8 Å². The fourth-order valence-corrected chi connectivity index (χ4v) is 4.53. The van der Waals surface area contributed by atoms with Crippen LogP contribution in [0.2, 0.25) is 0 Å². The van der Waals surface area contributed by atoms with Crippen molar-refractivity contribution in [2.24, 2.45) is 0 Å². The molecule has 1 aliphatic heterocycles. The maximum absolute atomic E-state index is 13.3. The van der Waals surface area contributed by atoms with Crippen LogP contribution in [-0.4, -0.2) is 29.2 Å². The van der Waals surface area contributed by atoms with E-state index in [1.807, 2.05) is 36.4 Å².